The van der Waals surface area contributed by atoms with E-state index in [9.17, 15) is 0 Å². The van der Waals surface area contributed by atoms with E-state index in [4.69, 9.17) is 0 Å². The first-order valence-electron chi connectivity index (χ1n) is 7.18. The molecule has 0 amide bonds. The van der Waals surface area contributed by atoms with E-state index in [1.54, 1.807) is 0 Å². The van der Waals surface area contributed by atoms with Gasteiger partial charge in [-0.2, -0.15) is 0 Å². The van der Waals surface area contributed by atoms with Crippen molar-refractivity contribution in [3.63, 3.8) is 0 Å². The lowest BCUT2D eigenvalue weighted by Crippen LogP contribution is -2.38. The van der Waals surface area contributed by atoms with Crippen molar-refractivity contribution >= 4 is 5.69 Å². The Morgan fingerprint density at radius 3 is 2.61 bits per heavy atom. The van der Waals surface area contributed by atoms with E-state index in [1.807, 2.05) is 0 Å². The van der Waals surface area contributed by atoms with Gasteiger partial charge in [-0.25, -0.2) is 0 Å². The summed E-state index contributed by atoms with van der Waals surface area (Å²) in [5.41, 5.74) is 2.90. The van der Waals surface area contributed by atoms with Crippen LogP contribution in [-0.2, 0) is 0 Å². The number of nitrogens with one attached hydrogen (secondary N) is 1. The van der Waals surface area contributed by atoms with E-state index in [1.165, 1.54) is 17.7 Å². The molecule has 0 saturated carbocycles. The van der Waals surface area contributed by atoms with Crippen molar-refractivity contribution in [2.24, 2.45) is 0 Å². The normalized spacial score (nSPS) is 25.3. The van der Waals surface area contributed by atoms with Gasteiger partial charge < -0.3 is 10.2 Å². The molecule has 0 aliphatic carbocycles. The maximum absolute atomic E-state index is 3.65. The second-order valence-electron chi connectivity index (χ2n) is 5.92. The largest absolute Gasteiger partial charge is 0.370 e. The summed E-state index contributed by atoms with van der Waals surface area (Å²) in [4.78, 5) is 2.55. The zero-order valence-corrected chi connectivity index (χ0v) is 12.1. The molecule has 1 aliphatic rings. The second kappa shape index (κ2) is 5.75. The molecule has 1 heterocycles. The maximum atomic E-state index is 3.65. The van der Waals surface area contributed by atoms with Gasteiger partial charge in [0.15, 0.2) is 0 Å². The smallest absolute Gasteiger partial charge is 0.0401 e. The van der Waals surface area contributed by atoms with E-state index >= 15 is 0 Å². The third-order valence-corrected chi connectivity index (χ3v) is 3.79. The lowest BCUT2D eigenvalue weighted by atomic mass is 10.00. The lowest BCUT2D eigenvalue weighted by Gasteiger charge is -2.28. The van der Waals surface area contributed by atoms with Gasteiger partial charge in [0, 0.05) is 30.9 Å². The van der Waals surface area contributed by atoms with Crippen LogP contribution in [-0.4, -0.2) is 25.2 Å². The summed E-state index contributed by atoms with van der Waals surface area (Å²) in [5.74, 6) is 0.588. The molecule has 0 spiro atoms. The van der Waals surface area contributed by atoms with Crippen LogP contribution in [0.1, 0.15) is 45.6 Å². The van der Waals surface area contributed by atoms with Gasteiger partial charge in [0.1, 0.15) is 0 Å². The van der Waals surface area contributed by atoms with Gasteiger partial charge in [-0.05, 0) is 37.8 Å². The molecule has 0 aromatic heterocycles. The summed E-state index contributed by atoms with van der Waals surface area (Å²) in [7, 11) is 0. The molecule has 2 unspecified atom stereocenters. The molecule has 1 saturated heterocycles. The van der Waals surface area contributed by atoms with Crippen molar-refractivity contribution in [1.29, 1.82) is 0 Å². The first-order chi connectivity index (χ1) is 8.58. The molecule has 100 valence electrons. The molecule has 1 fully saturated rings. The predicted octanol–water partition coefficient (Wildman–Crippen LogP) is 3.39. The Bertz CT molecular complexity index is 386. The summed E-state index contributed by atoms with van der Waals surface area (Å²) >= 11 is 0. The summed E-state index contributed by atoms with van der Waals surface area (Å²) in [6, 6.07) is 10.0. The average Bonchev–Trinajstić information content (AvgIpc) is 2.50. The zero-order valence-electron chi connectivity index (χ0n) is 12.1. The number of hydrogen-bond donors (Lipinski definition) is 1. The predicted molar refractivity (Wildman–Crippen MR) is 79.4 cm³/mol. The van der Waals surface area contributed by atoms with Crippen LogP contribution in [0.4, 0.5) is 5.69 Å². The number of para-hydroxylation sites is 1. The van der Waals surface area contributed by atoms with Crippen LogP contribution in [0.5, 0.6) is 0 Å². The summed E-state index contributed by atoms with van der Waals surface area (Å²) < 4.78 is 0. The molecule has 0 bridgehead atoms. The Morgan fingerprint density at radius 2 is 1.89 bits per heavy atom. The highest BCUT2D eigenvalue weighted by Crippen LogP contribution is 2.28. The van der Waals surface area contributed by atoms with Crippen LogP contribution in [0, 0.1) is 0 Å². The van der Waals surface area contributed by atoms with Crippen molar-refractivity contribution < 1.29 is 0 Å². The van der Waals surface area contributed by atoms with Crippen molar-refractivity contribution in [3.05, 3.63) is 29.8 Å². The van der Waals surface area contributed by atoms with Crippen molar-refractivity contribution in [1.82, 2.24) is 5.32 Å². The van der Waals surface area contributed by atoms with Gasteiger partial charge >= 0.3 is 0 Å². The monoisotopic (exact) mass is 246 g/mol. The zero-order chi connectivity index (χ0) is 13.1. The Balaban J connectivity index is 2.25. The Hall–Kier alpha value is -1.02. The Morgan fingerprint density at radius 1 is 1.17 bits per heavy atom. The van der Waals surface area contributed by atoms with Crippen molar-refractivity contribution in [2.45, 2.75) is 52.1 Å². The fraction of sp³-hybridized carbons (Fsp3) is 0.625. The van der Waals surface area contributed by atoms with E-state index in [-0.39, 0.29) is 0 Å². The standard InChI is InChI=1S/C16H26N2/c1-12(2)15-7-5-6-8-16(15)18-10-9-13(3)17-14(4)11-18/h5-8,12-14,17H,9-11H2,1-4H3. The Labute approximate surface area is 111 Å². The molecule has 2 nitrogen and oxygen atoms in total. The number of benzene rings is 1. The molecule has 2 heteroatoms. The van der Waals surface area contributed by atoms with Crippen LogP contribution in [0.15, 0.2) is 24.3 Å². The number of anilines is 1. The third-order valence-electron chi connectivity index (χ3n) is 3.79. The molecule has 1 aromatic rings. The second-order valence-corrected chi connectivity index (χ2v) is 5.92. The highest BCUT2D eigenvalue weighted by atomic mass is 15.2. The highest BCUT2D eigenvalue weighted by Gasteiger charge is 2.20. The summed E-state index contributed by atoms with van der Waals surface area (Å²) in [6.45, 7) is 11.4. The minimum atomic E-state index is 0.558. The van der Waals surface area contributed by atoms with Gasteiger partial charge in [0.25, 0.3) is 0 Å². The highest BCUT2D eigenvalue weighted by molar-refractivity contribution is 5.55. The first-order valence-corrected chi connectivity index (χ1v) is 7.18. The van der Waals surface area contributed by atoms with Crippen LogP contribution in [0.25, 0.3) is 0 Å². The van der Waals surface area contributed by atoms with Crippen LogP contribution in [0.3, 0.4) is 0 Å². The van der Waals surface area contributed by atoms with Crippen LogP contribution < -0.4 is 10.2 Å². The number of hydrogen-bond acceptors (Lipinski definition) is 2. The number of nitrogens with zero attached hydrogens (tertiary/aromatic N) is 1. The molecular formula is C16H26N2. The van der Waals surface area contributed by atoms with Gasteiger partial charge in [0.05, 0.1) is 0 Å². The molecule has 2 rings (SSSR count). The summed E-state index contributed by atoms with van der Waals surface area (Å²) in [5, 5.41) is 3.65. The SMILES string of the molecule is CC1CCN(c2ccccc2C(C)C)CC(C)N1. The van der Waals surface area contributed by atoms with Gasteiger partial charge in [-0.3, -0.25) is 0 Å². The Kier molecular flexibility index (Phi) is 4.28. The fourth-order valence-corrected chi connectivity index (χ4v) is 2.88. The molecule has 1 N–H and O–H groups in total. The topological polar surface area (TPSA) is 15.3 Å². The van der Waals surface area contributed by atoms with Gasteiger partial charge in [-0.1, -0.05) is 32.0 Å². The van der Waals surface area contributed by atoms with E-state index in [0.717, 1.165) is 13.1 Å². The molecular weight excluding hydrogens is 220 g/mol. The van der Waals surface area contributed by atoms with E-state index in [0.29, 0.717) is 18.0 Å². The minimum Gasteiger partial charge on any atom is -0.370 e. The molecule has 1 aliphatic heterocycles. The van der Waals surface area contributed by atoms with Gasteiger partial charge in [0.2, 0.25) is 0 Å². The lowest BCUT2D eigenvalue weighted by molar-refractivity contribution is 0.492. The molecule has 2 atom stereocenters. The van der Waals surface area contributed by atoms with Crippen molar-refractivity contribution in [3.8, 4) is 0 Å². The van der Waals surface area contributed by atoms with E-state index in [2.05, 4.69) is 62.2 Å². The molecule has 1 aromatic carbocycles. The molecule has 0 radical (unpaired) electrons. The number of rotatable bonds is 2. The average molecular weight is 246 g/mol. The van der Waals surface area contributed by atoms with Crippen molar-refractivity contribution in [2.75, 3.05) is 18.0 Å². The molecule has 18 heavy (non-hydrogen) atoms. The first kappa shape index (κ1) is 13.4. The van der Waals surface area contributed by atoms with Crippen LogP contribution >= 0.6 is 0 Å². The fourth-order valence-electron chi connectivity index (χ4n) is 2.88. The van der Waals surface area contributed by atoms with E-state index < -0.39 is 0 Å². The summed E-state index contributed by atoms with van der Waals surface area (Å²) in [6.07, 6.45) is 1.22. The van der Waals surface area contributed by atoms with Gasteiger partial charge in [-0.15, -0.1) is 0 Å². The minimum absolute atomic E-state index is 0.558. The quantitative estimate of drug-likeness (QED) is 0.860. The maximum Gasteiger partial charge on any atom is 0.0401 e. The third kappa shape index (κ3) is 3.05. The van der Waals surface area contributed by atoms with Crippen LogP contribution in [0.2, 0.25) is 0 Å².